The zero-order chi connectivity index (χ0) is 22.8. The van der Waals surface area contributed by atoms with Crippen LogP contribution in [0.3, 0.4) is 0 Å². The van der Waals surface area contributed by atoms with E-state index in [4.69, 9.17) is 0 Å². The van der Waals surface area contributed by atoms with Crippen LogP contribution in [0.1, 0.15) is 58.8 Å². The Hall–Kier alpha value is -2.71. The fourth-order valence-electron chi connectivity index (χ4n) is 3.75. The summed E-state index contributed by atoms with van der Waals surface area (Å²) in [6, 6.07) is 12.4. The molecule has 4 aromatic rings. The molecule has 8 heteroatoms. The van der Waals surface area contributed by atoms with E-state index in [1.807, 2.05) is 31.5 Å². The molecule has 0 aliphatic carbocycles. The second-order valence-corrected chi connectivity index (χ2v) is 9.84. The van der Waals surface area contributed by atoms with Crippen LogP contribution < -0.4 is 5.32 Å². The molecule has 0 spiro atoms. The van der Waals surface area contributed by atoms with Gasteiger partial charge in [0.25, 0.3) is 5.78 Å². The van der Waals surface area contributed by atoms with Gasteiger partial charge in [-0.15, -0.1) is 16.4 Å². The minimum absolute atomic E-state index is 0.0473. The van der Waals surface area contributed by atoms with Crippen molar-refractivity contribution < 1.29 is 4.79 Å². The number of nitrogens with zero attached hydrogens (tertiary/aromatic N) is 4. The van der Waals surface area contributed by atoms with Crippen LogP contribution in [0, 0.1) is 13.8 Å². The normalized spacial score (nSPS) is 12.4. The minimum Gasteiger partial charge on any atom is -0.344 e. The predicted octanol–water partition coefficient (Wildman–Crippen LogP) is 5.10. The number of hydrogen-bond acceptors (Lipinski definition) is 6. The van der Waals surface area contributed by atoms with Gasteiger partial charge in [0, 0.05) is 21.8 Å². The Bertz CT molecular complexity index is 1230. The molecule has 0 aliphatic rings. The van der Waals surface area contributed by atoms with Crippen molar-refractivity contribution in [3.8, 4) is 0 Å². The van der Waals surface area contributed by atoms with Crippen molar-refractivity contribution in [1.29, 1.82) is 0 Å². The van der Waals surface area contributed by atoms with E-state index in [1.165, 1.54) is 17.3 Å². The van der Waals surface area contributed by atoms with Gasteiger partial charge in [-0.25, -0.2) is 9.50 Å². The summed E-state index contributed by atoms with van der Waals surface area (Å²) in [5.74, 6) is 0.986. The molecule has 0 fully saturated rings. The molecule has 0 saturated heterocycles. The second-order valence-electron chi connectivity index (χ2n) is 8.09. The fraction of sp³-hybridized carbons (Fsp3) is 0.333. The number of carbonyl (C=O) groups is 1. The summed E-state index contributed by atoms with van der Waals surface area (Å²) >= 11 is 3.12. The number of aryl methyl sites for hydroxylation is 2. The van der Waals surface area contributed by atoms with Gasteiger partial charge >= 0.3 is 0 Å². The smallest absolute Gasteiger partial charge is 0.253 e. The standard InChI is InChI=1S/C24H27N5OS2/c1-14(2)17-8-10-18(11-9-17)22(20-7-6-12-32-20)26-21(30)13-19-15(3)25-23-27-24(31-5)28-29(23)16(19)4/h6-12,14,22H,13H2,1-5H3,(H,26,30). The molecule has 0 saturated carbocycles. The van der Waals surface area contributed by atoms with E-state index in [0.717, 1.165) is 27.4 Å². The predicted molar refractivity (Wildman–Crippen MR) is 131 cm³/mol. The molecular weight excluding hydrogens is 438 g/mol. The van der Waals surface area contributed by atoms with Gasteiger partial charge in [-0.05, 0) is 48.6 Å². The average Bonchev–Trinajstić information content (AvgIpc) is 3.45. The molecule has 0 bridgehead atoms. The van der Waals surface area contributed by atoms with Crippen LogP contribution in [0.2, 0.25) is 0 Å². The first kappa shape index (κ1) is 22.5. The Labute approximate surface area is 196 Å². The van der Waals surface area contributed by atoms with E-state index >= 15 is 0 Å². The first-order valence-electron chi connectivity index (χ1n) is 10.6. The summed E-state index contributed by atoms with van der Waals surface area (Å²) in [4.78, 5) is 23.3. The molecule has 1 atom stereocenters. The Balaban J connectivity index is 1.60. The van der Waals surface area contributed by atoms with Crippen molar-refractivity contribution in [2.45, 2.75) is 51.2 Å². The molecule has 3 aromatic heterocycles. The number of rotatable bonds is 7. The molecule has 166 valence electrons. The van der Waals surface area contributed by atoms with E-state index in [9.17, 15) is 4.79 Å². The van der Waals surface area contributed by atoms with Gasteiger partial charge in [0.1, 0.15) is 0 Å². The number of thioether (sulfide) groups is 1. The maximum atomic E-state index is 13.2. The summed E-state index contributed by atoms with van der Waals surface area (Å²) in [6.45, 7) is 8.25. The Morgan fingerprint density at radius 3 is 2.47 bits per heavy atom. The summed E-state index contributed by atoms with van der Waals surface area (Å²) < 4.78 is 1.73. The third-order valence-electron chi connectivity index (χ3n) is 5.62. The molecule has 1 unspecified atom stereocenters. The molecular formula is C24H27N5OS2. The van der Waals surface area contributed by atoms with E-state index < -0.39 is 0 Å². The highest BCUT2D eigenvalue weighted by molar-refractivity contribution is 7.98. The van der Waals surface area contributed by atoms with Crippen LogP contribution in [0.4, 0.5) is 0 Å². The van der Waals surface area contributed by atoms with Gasteiger partial charge in [0.15, 0.2) is 0 Å². The zero-order valence-corrected chi connectivity index (χ0v) is 20.5. The Morgan fingerprint density at radius 2 is 1.84 bits per heavy atom. The van der Waals surface area contributed by atoms with Gasteiger partial charge in [0.05, 0.1) is 12.5 Å². The van der Waals surface area contributed by atoms with Gasteiger partial charge in [-0.2, -0.15) is 4.98 Å². The van der Waals surface area contributed by atoms with Crippen molar-refractivity contribution in [2.75, 3.05) is 6.26 Å². The first-order valence-corrected chi connectivity index (χ1v) is 12.7. The van der Waals surface area contributed by atoms with Crippen molar-refractivity contribution >= 4 is 34.8 Å². The maximum Gasteiger partial charge on any atom is 0.253 e. The summed E-state index contributed by atoms with van der Waals surface area (Å²) in [6.07, 6.45) is 2.17. The van der Waals surface area contributed by atoms with Crippen molar-refractivity contribution in [3.63, 3.8) is 0 Å². The Kier molecular flexibility index (Phi) is 6.62. The van der Waals surface area contributed by atoms with E-state index in [1.54, 1.807) is 15.9 Å². The zero-order valence-electron chi connectivity index (χ0n) is 18.9. The minimum atomic E-state index is -0.185. The van der Waals surface area contributed by atoms with Crippen LogP contribution in [0.5, 0.6) is 0 Å². The summed E-state index contributed by atoms with van der Waals surface area (Å²) in [5, 5.41) is 10.4. The highest BCUT2D eigenvalue weighted by Gasteiger charge is 2.21. The van der Waals surface area contributed by atoms with Gasteiger partial charge in [0.2, 0.25) is 11.1 Å². The molecule has 1 N–H and O–H groups in total. The second kappa shape index (κ2) is 9.42. The molecule has 32 heavy (non-hydrogen) atoms. The van der Waals surface area contributed by atoms with Crippen molar-refractivity contribution in [2.24, 2.45) is 0 Å². The molecule has 1 aromatic carbocycles. The van der Waals surface area contributed by atoms with Crippen LogP contribution in [0.15, 0.2) is 46.9 Å². The van der Waals surface area contributed by atoms with Crippen LogP contribution in [-0.2, 0) is 11.2 Å². The quantitative estimate of drug-likeness (QED) is 0.385. The van der Waals surface area contributed by atoms with Gasteiger partial charge in [-0.3, -0.25) is 4.79 Å². The summed E-state index contributed by atoms with van der Waals surface area (Å²) in [5.41, 5.74) is 4.94. The number of carbonyl (C=O) groups excluding carboxylic acids is 1. The SMILES string of the molecule is CSc1nc2nc(C)c(CC(=O)NC(c3ccc(C(C)C)cc3)c3cccs3)c(C)n2n1. The third-order valence-corrected chi connectivity index (χ3v) is 7.09. The number of hydrogen-bond donors (Lipinski definition) is 1. The monoisotopic (exact) mass is 465 g/mol. The number of fused-ring (bicyclic) bond motifs is 1. The third kappa shape index (κ3) is 4.56. The molecule has 1 amide bonds. The van der Waals surface area contributed by atoms with Crippen LogP contribution in [-0.4, -0.2) is 31.7 Å². The van der Waals surface area contributed by atoms with Gasteiger partial charge in [-0.1, -0.05) is 55.9 Å². The lowest BCUT2D eigenvalue weighted by atomic mass is 9.98. The lowest BCUT2D eigenvalue weighted by molar-refractivity contribution is -0.120. The highest BCUT2D eigenvalue weighted by atomic mass is 32.2. The lowest BCUT2D eigenvalue weighted by Gasteiger charge is -2.20. The molecule has 0 radical (unpaired) electrons. The first-order chi connectivity index (χ1) is 15.4. The topological polar surface area (TPSA) is 72.2 Å². The maximum absolute atomic E-state index is 13.2. The number of amides is 1. The van der Waals surface area contributed by atoms with Crippen molar-refractivity contribution in [1.82, 2.24) is 24.9 Å². The molecule has 4 rings (SSSR count). The number of nitrogens with one attached hydrogen (secondary N) is 1. The average molecular weight is 466 g/mol. The number of benzene rings is 1. The molecule has 0 aliphatic heterocycles. The van der Waals surface area contributed by atoms with Gasteiger partial charge < -0.3 is 5.32 Å². The van der Waals surface area contributed by atoms with Crippen LogP contribution in [0.25, 0.3) is 5.78 Å². The van der Waals surface area contributed by atoms with Crippen molar-refractivity contribution in [3.05, 3.63) is 74.7 Å². The highest BCUT2D eigenvalue weighted by Crippen LogP contribution is 2.28. The van der Waals surface area contributed by atoms with Crippen LogP contribution >= 0.6 is 23.1 Å². The Morgan fingerprint density at radius 1 is 1.12 bits per heavy atom. The largest absolute Gasteiger partial charge is 0.344 e. The van der Waals surface area contributed by atoms with E-state index in [2.05, 4.69) is 64.6 Å². The number of thiophene rings is 1. The van der Waals surface area contributed by atoms with E-state index in [-0.39, 0.29) is 18.4 Å². The fourth-order valence-corrected chi connectivity index (χ4v) is 4.89. The number of aromatic nitrogens is 4. The lowest BCUT2D eigenvalue weighted by Crippen LogP contribution is -2.31. The summed E-state index contributed by atoms with van der Waals surface area (Å²) in [7, 11) is 0. The molecule has 6 nitrogen and oxygen atoms in total. The molecule has 3 heterocycles. The van der Waals surface area contributed by atoms with E-state index in [0.29, 0.717) is 16.9 Å².